The third kappa shape index (κ3) is 6.50. The minimum Gasteiger partial charge on any atom is -0.492 e. The first-order valence-electron chi connectivity index (χ1n) is 13.1. The van der Waals surface area contributed by atoms with E-state index in [1.54, 1.807) is 0 Å². The lowest BCUT2D eigenvalue weighted by molar-refractivity contribution is -0.130. The van der Waals surface area contributed by atoms with Crippen molar-refractivity contribution >= 4 is 28.3 Å². The molecule has 3 aromatic carbocycles. The number of nitrogens with zero attached hydrogens (tertiary/aromatic N) is 5. The number of carbonyl (C=O) groups excluding carboxylic acids is 1. The molecule has 0 spiro atoms. The van der Waals surface area contributed by atoms with Crippen LogP contribution in [0.3, 0.4) is 0 Å². The van der Waals surface area contributed by atoms with Crippen molar-refractivity contribution in [1.82, 2.24) is 14.3 Å². The van der Waals surface area contributed by atoms with Crippen molar-refractivity contribution in [2.75, 3.05) is 49.1 Å². The van der Waals surface area contributed by atoms with Crippen molar-refractivity contribution in [1.29, 1.82) is 0 Å². The second kappa shape index (κ2) is 12.6. The molecule has 1 fully saturated rings. The van der Waals surface area contributed by atoms with Crippen LogP contribution in [0.25, 0.3) is 0 Å². The predicted molar refractivity (Wildman–Crippen MR) is 153 cm³/mol. The van der Waals surface area contributed by atoms with E-state index in [1.165, 1.54) is 17.1 Å². The van der Waals surface area contributed by atoms with Crippen LogP contribution in [0.2, 0.25) is 0 Å². The maximum atomic E-state index is 13.5. The summed E-state index contributed by atoms with van der Waals surface area (Å²) in [5.74, 6) is 1.79. The topological polar surface area (TPSA) is 61.8 Å². The van der Waals surface area contributed by atoms with Crippen molar-refractivity contribution in [3.8, 4) is 5.75 Å². The van der Waals surface area contributed by atoms with Crippen molar-refractivity contribution < 1.29 is 9.53 Å². The molecule has 1 aromatic heterocycles. The van der Waals surface area contributed by atoms with Gasteiger partial charge in [-0.05, 0) is 30.2 Å². The Kier molecular flexibility index (Phi) is 8.50. The molecule has 4 aromatic rings. The maximum Gasteiger partial charge on any atom is 0.242 e. The molecule has 2 heterocycles. The highest BCUT2D eigenvalue weighted by molar-refractivity contribution is 7.09. The molecule has 5 rings (SSSR count). The Morgan fingerprint density at radius 1 is 0.895 bits per heavy atom. The molecule has 0 radical (unpaired) electrons. The van der Waals surface area contributed by atoms with E-state index in [9.17, 15) is 4.79 Å². The number of aromatic nitrogens is 2. The van der Waals surface area contributed by atoms with Gasteiger partial charge in [0.25, 0.3) is 0 Å². The average molecular weight is 528 g/mol. The summed E-state index contributed by atoms with van der Waals surface area (Å²) >= 11 is 1.36. The number of rotatable bonds is 10. The molecule has 1 aliphatic heterocycles. The lowest BCUT2D eigenvalue weighted by atomic mass is 10.1. The zero-order valence-electron chi connectivity index (χ0n) is 21.7. The van der Waals surface area contributed by atoms with Gasteiger partial charge in [-0.25, -0.2) is 4.98 Å². The fourth-order valence-corrected chi connectivity index (χ4v) is 5.36. The lowest BCUT2D eigenvalue weighted by Gasteiger charge is -2.37. The zero-order valence-corrected chi connectivity index (χ0v) is 22.5. The Labute approximate surface area is 228 Å². The maximum absolute atomic E-state index is 13.5. The third-order valence-corrected chi connectivity index (χ3v) is 7.43. The van der Waals surface area contributed by atoms with E-state index in [-0.39, 0.29) is 12.5 Å². The second-order valence-electron chi connectivity index (χ2n) is 9.27. The summed E-state index contributed by atoms with van der Waals surface area (Å²) in [4.78, 5) is 24.6. The highest BCUT2D eigenvalue weighted by Gasteiger charge is 2.25. The van der Waals surface area contributed by atoms with Gasteiger partial charge in [0.1, 0.15) is 11.6 Å². The average Bonchev–Trinajstić information content (AvgIpc) is 3.43. The Balaban J connectivity index is 1.26. The number of hydrogen-bond acceptors (Lipinski definition) is 7. The van der Waals surface area contributed by atoms with Crippen molar-refractivity contribution in [3.05, 3.63) is 102 Å². The molecular weight excluding hydrogens is 494 g/mol. The SMILES string of the molecule is CCOc1ccccc1N1CCN(C(=O)CN(Cc2ccccc2)c2nc(Cc3ccccc3)ns2)CC1. The molecular formula is C30H33N5O2S. The van der Waals surface area contributed by atoms with E-state index in [1.807, 2.05) is 66.4 Å². The summed E-state index contributed by atoms with van der Waals surface area (Å²) in [6.45, 7) is 6.39. The van der Waals surface area contributed by atoms with Gasteiger partial charge in [0, 0.05) is 50.7 Å². The molecule has 38 heavy (non-hydrogen) atoms. The quantitative estimate of drug-likeness (QED) is 0.293. The number of benzene rings is 3. The van der Waals surface area contributed by atoms with E-state index in [2.05, 4.69) is 44.5 Å². The highest BCUT2D eigenvalue weighted by Crippen LogP contribution is 2.29. The van der Waals surface area contributed by atoms with Gasteiger partial charge in [0.2, 0.25) is 11.0 Å². The smallest absolute Gasteiger partial charge is 0.242 e. The summed E-state index contributed by atoms with van der Waals surface area (Å²) in [6.07, 6.45) is 0.676. The van der Waals surface area contributed by atoms with Crippen LogP contribution in [0.5, 0.6) is 5.75 Å². The summed E-state index contributed by atoms with van der Waals surface area (Å²) in [5.41, 5.74) is 3.40. The number of anilines is 2. The first kappa shape index (κ1) is 25.7. The van der Waals surface area contributed by atoms with Crippen molar-refractivity contribution in [2.24, 2.45) is 0 Å². The lowest BCUT2D eigenvalue weighted by Crippen LogP contribution is -2.51. The van der Waals surface area contributed by atoms with E-state index in [0.29, 0.717) is 32.7 Å². The minimum absolute atomic E-state index is 0.110. The second-order valence-corrected chi connectivity index (χ2v) is 10.00. The molecule has 0 atom stereocenters. The fraction of sp³-hybridized carbons (Fsp3) is 0.300. The van der Waals surface area contributed by atoms with Gasteiger partial charge < -0.3 is 19.4 Å². The fourth-order valence-electron chi connectivity index (χ4n) is 4.67. The van der Waals surface area contributed by atoms with Gasteiger partial charge in [0.15, 0.2) is 0 Å². The molecule has 0 N–H and O–H groups in total. The van der Waals surface area contributed by atoms with E-state index < -0.39 is 0 Å². The van der Waals surface area contributed by atoms with Crippen molar-refractivity contribution in [2.45, 2.75) is 19.9 Å². The number of hydrogen-bond donors (Lipinski definition) is 0. The third-order valence-electron chi connectivity index (χ3n) is 6.61. The van der Waals surface area contributed by atoms with Crippen LogP contribution in [0.15, 0.2) is 84.9 Å². The first-order valence-corrected chi connectivity index (χ1v) is 13.9. The summed E-state index contributed by atoms with van der Waals surface area (Å²) in [7, 11) is 0. The van der Waals surface area contributed by atoms with Crippen LogP contribution < -0.4 is 14.5 Å². The largest absolute Gasteiger partial charge is 0.492 e. The monoisotopic (exact) mass is 527 g/mol. The van der Waals surface area contributed by atoms with Gasteiger partial charge in [-0.3, -0.25) is 4.79 Å². The van der Waals surface area contributed by atoms with Crippen LogP contribution in [0.4, 0.5) is 10.8 Å². The summed E-state index contributed by atoms with van der Waals surface area (Å²) < 4.78 is 10.4. The first-order chi connectivity index (χ1) is 18.7. The van der Waals surface area contributed by atoms with Gasteiger partial charge in [-0.15, -0.1) is 0 Å². The molecule has 0 unspecified atom stereocenters. The van der Waals surface area contributed by atoms with E-state index in [4.69, 9.17) is 9.72 Å². The molecule has 0 bridgehead atoms. The Bertz CT molecular complexity index is 1310. The minimum atomic E-state index is 0.110. The predicted octanol–water partition coefficient (Wildman–Crippen LogP) is 4.88. The molecule has 1 amide bonds. The molecule has 1 aliphatic rings. The van der Waals surface area contributed by atoms with Crippen LogP contribution in [-0.2, 0) is 17.8 Å². The Morgan fingerprint density at radius 2 is 1.55 bits per heavy atom. The zero-order chi connectivity index (χ0) is 26.2. The molecule has 196 valence electrons. The molecule has 8 heteroatoms. The van der Waals surface area contributed by atoms with Gasteiger partial charge in [-0.2, -0.15) is 4.37 Å². The van der Waals surface area contributed by atoms with Gasteiger partial charge >= 0.3 is 0 Å². The number of carbonyl (C=O) groups is 1. The number of ether oxygens (including phenoxy) is 1. The molecule has 7 nitrogen and oxygen atoms in total. The van der Waals surface area contributed by atoms with Crippen molar-refractivity contribution in [3.63, 3.8) is 0 Å². The molecule has 0 saturated carbocycles. The van der Waals surface area contributed by atoms with Crippen LogP contribution in [0.1, 0.15) is 23.9 Å². The highest BCUT2D eigenvalue weighted by atomic mass is 32.1. The Hall–Kier alpha value is -3.91. The van der Waals surface area contributed by atoms with E-state index in [0.717, 1.165) is 41.0 Å². The van der Waals surface area contributed by atoms with Gasteiger partial charge in [-0.1, -0.05) is 72.8 Å². The van der Waals surface area contributed by atoms with Crippen LogP contribution >= 0.6 is 11.5 Å². The normalized spacial score (nSPS) is 13.4. The van der Waals surface area contributed by atoms with E-state index >= 15 is 0 Å². The van der Waals surface area contributed by atoms with Crippen LogP contribution in [0, 0.1) is 0 Å². The summed E-state index contributed by atoms with van der Waals surface area (Å²) in [6, 6.07) is 28.6. The number of para-hydroxylation sites is 2. The Morgan fingerprint density at radius 3 is 2.26 bits per heavy atom. The van der Waals surface area contributed by atoms with Gasteiger partial charge in [0.05, 0.1) is 18.8 Å². The molecule has 0 aliphatic carbocycles. The standard InChI is InChI=1S/C30H33N5O2S/c1-2-37-27-16-10-9-15-26(27)33-17-19-34(20-18-33)29(36)23-35(22-25-13-7-4-8-14-25)30-31-28(32-38-30)21-24-11-5-3-6-12-24/h3-16H,2,17-23H2,1H3. The molecule has 1 saturated heterocycles. The number of piperazine rings is 1. The van der Waals surface area contributed by atoms with Crippen LogP contribution in [-0.4, -0.2) is 59.5 Å². The number of amides is 1. The summed E-state index contributed by atoms with van der Waals surface area (Å²) in [5, 5.41) is 0.775.